The van der Waals surface area contributed by atoms with E-state index in [4.69, 9.17) is 16.0 Å². The van der Waals surface area contributed by atoms with Gasteiger partial charge in [-0.15, -0.1) is 10.2 Å². The molecule has 1 aromatic carbocycles. The average Bonchev–Trinajstić information content (AvgIpc) is 3.33. The molecule has 0 atom stereocenters. The van der Waals surface area contributed by atoms with E-state index < -0.39 is 0 Å². The van der Waals surface area contributed by atoms with E-state index >= 15 is 0 Å². The van der Waals surface area contributed by atoms with Gasteiger partial charge >= 0.3 is 0 Å². The Morgan fingerprint density at radius 2 is 2.04 bits per heavy atom. The van der Waals surface area contributed by atoms with E-state index in [1.807, 2.05) is 30.3 Å². The normalized spacial score (nSPS) is 15.2. The van der Waals surface area contributed by atoms with Crippen molar-refractivity contribution in [1.29, 1.82) is 0 Å². The van der Waals surface area contributed by atoms with Gasteiger partial charge in [-0.2, -0.15) is 5.10 Å². The first-order chi connectivity index (χ1) is 13.6. The molecule has 8 heteroatoms. The van der Waals surface area contributed by atoms with Crippen LogP contribution in [-0.2, 0) is 23.2 Å². The van der Waals surface area contributed by atoms with Gasteiger partial charge in [0.2, 0.25) is 17.7 Å². The monoisotopic (exact) mass is 399 g/mol. The number of carbonyl (C=O) groups excluding carboxylic acids is 1. The molecular formula is C20H22ClN5O2. The molecule has 1 fully saturated rings. The molecule has 28 heavy (non-hydrogen) atoms. The van der Waals surface area contributed by atoms with Gasteiger partial charge in [-0.1, -0.05) is 30.2 Å². The zero-order chi connectivity index (χ0) is 19.6. The summed E-state index contributed by atoms with van der Waals surface area (Å²) in [6, 6.07) is 9.69. The third kappa shape index (κ3) is 3.67. The SMILES string of the molecule is CN(Cc1ccn[nH]1)C(=O)CCc1nnc(C2(c3ccc(Cl)cc3)CCC2)o1. The third-order valence-electron chi connectivity index (χ3n) is 5.42. The first-order valence-electron chi connectivity index (χ1n) is 9.38. The standard InChI is InChI=1S/C20H22ClN5O2/c1-26(13-16-9-12-22-23-16)18(27)8-7-17-24-25-19(28-17)20(10-2-11-20)14-3-5-15(21)6-4-14/h3-6,9,12H,2,7-8,10-11,13H2,1H3,(H,22,23). The lowest BCUT2D eigenvalue weighted by Gasteiger charge is -2.39. The van der Waals surface area contributed by atoms with Crippen LogP contribution in [0.4, 0.5) is 0 Å². The van der Waals surface area contributed by atoms with E-state index in [1.165, 1.54) is 0 Å². The second-order valence-corrected chi connectivity index (χ2v) is 7.71. The van der Waals surface area contributed by atoms with Gasteiger partial charge in [0.05, 0.1) is 17.7 Å². The lowest BCUT2D eigenvalue weighted by atomic mass is 9.64. The van der Waals surface area contributed by atoms with E-state index in [2.05, 4.69) is 20.4 Å². The molecule has 0 saturated heterocycles. The molecule has 0 unspecified atom stereocenters. The molecule has 0 bridgehead atoms. The van der Waals surface area contributed by atoms with Crippen molar-refractivity contribution in [3.05, 3.63) is 64.6 Å². The number of rotatable bonds is 7. The van der Waals surface area contributed by atoms with Crippen molar-refractivity contribution < 1.29 is 9.21 Å². The fraction of sp³-hybridized carbons (Fsp3) is 0.400. The smallest absolute Gasteiger partial charge is 0.227 e. The highest BCUT2D eigenvalue weighted by Gasteiger charge is 2.45. The second kappa shape index (κ2) is 7.75. The number of halogens is 1. The molecule has 1 amide bonds. The third-order valence-corrected chi connectivity index (χ3v) is 5.68. The molecule has 0 aliphatic heterocycles. The quantitative estimate of drug-likeness (QED) is 0.656. The number of nitrogens with zero attached hydrogens (tertiary/aromatic N) is 4. The van der Waals surface area contributed by atoms with Crippen molar-refractivity contribution in [1.82, 2.24) is 25.3 Å². The van der Waals surface area contributed by atoms with E-state index in [0.29, 0.717) is 36.2 Å². The molecule has 146 valence electrons. The Morgan fingerprint density at radius 1 is 1.25 bits per heavy atom. The molecular weight excluding hydrogens is 378 g/mol. The van der Waals surface area contributed by atoms with Crippen LogP contribution in [0.2, 0.25) is 5.02 Å². The van der Waals surface area contributed by atoms with Gasteiger partial charge in [0.1, 0.15) is 0 Å². The number of amides is 1. The van der Waals surface area contributed by atoms with Crippen molar-refractivity contribution in [3.8, 4) is 0 Å². The molecule has 4 rings (SSSR count). The molecule has 0 spiro atoms. The average molecular weight is 400 g/mol. The number of aryl methyl sites for hydroxylation is 1. The number of hydrogen-bond acceptors (Lipinski definition) is 5. The fourth-order valence-corrected chi connectivity index (χ4v) is 3.72. The summed E-state index contributed by atoms with van der Waals surface area (Å²) >= 11 is 6.02. The summed E-state index contributed by atoms with van der Waals surface area (Å²) in [7, 11) is 1.77. The maximum absolute atomic E-state index is 12.4. The molecule has 1 N–H and O–H groups in total. The predicted molar refractivity (Wildman–Crippen MR) is 104 cm³/mol. The number of hydrogen-bond donors (Lipinski definition) is 1. The van der Waals surface area contributed by atoms with Crippen LogP contribution >= 0.6 is 11.6 Å². The van der Waals surface area contributed by atoms with Crippen LogP contribution in [0.15, 0.2) is 40.9 Å². The Balaban J connectivity index is 1.40. The zero-order valence-electron chi connectivity index (χ0n) is 15.7. The van der Waals surface area contributed by atoms with Gasteiger partial charge in [0.15, 0.2) is 0 Å². The molecule has 1 aliphatic rings. The summed E-state index contributed by atoms with van der Waals surface area (Å²) in [5, 5.41) is 15.9. The number of benzene rings is 1. The maximum Gasteiger partial charge on any atom is 0.227 e. The van der Waals surface area contributed by atoms with Crippen molar-refractivity contribution in [2.24, 2.45) is 0 Å². The summed E-state index contributed by atoms with van der Waals surface area (Å²) in [4.78, 5) is 14.0. The minimum absolute atomic E-state index is 0.0189. The maximum atomic E-state index is 12.4. The van der Waals surface area contributed by atoms with Gasteiger partial charge in [-0.05, 0) is 36.6 Å². The number of carbonyl (C=O) groups is 1. The summed E-state index contributed by atoms with van der Waals surface area (Å²) in [6.07, 6.45) is 5.49. The van der Waals surface area contributed by atoms with Gasteiger partial charge in [0.25, 0.3) is 0 Å². The van der Waals surface area contributed by atoms with Crippen molar-refractivity contribution in [2.75, 3.05) is 7.05 Å². The van der Waals surface area contributed by atoms with Crippen molar-refractivity contribution >= 4 is 17.5 Å². The molecule has 3 aromatic rings. The molecule has 2 aromatic heterocycles. The summed E-state index contributed by atoms with van der Waals surface area (Å²) < 4.78 is 5.97. The van der Waals surface area contributed by atoms with Crippen LogP contribution < -0.4 is 0 Å². The summed E-state index contributed by atoms with van der Waals surface area (Å²) in [5.41, 5.74) is 1.82. The van der Waals surface area contributed by atoms with Gasteiger partial charge in [0, 0.05) is 31.1 Å². The number of aromatic amines is 1. The van der Waals surface area contributed by atoms with E-state index in [0.717, 1.165) is 30.5 Å². The van der Waals surface area contributed by atoms with Crippen molar-refractivity contribution in [2.45, 2.75) is 44.1 Å². The van der Waals surface area contributed by atoms with E-state index in [9.17, 15) is 4.79 Å². The molecule has 1 saturated carbocycles. The zero-order valence-corrected chi connectivity index (χ0v) is 16.4. The van der Waals surface area contributed by atoms with Crippen LogP contribution in [0.25, 0.3) is 0 Å². The number of H-pyrrole nitrogens is 1. The molecule has 7 nitrogen and oxygen atoms in total. The van der Waals surface area contributed by atoms with Gasteiger partial charge < -0.3 is 9.32 Å². The van der Waals surface area contributed by atoms with Gasteiger partial charge in [-0.3, -0.25) is 9.89 Å². The minimum Gasteiger partial charge on any atom is -0.424 e. The topological polar surface area (TPSA) is 87.9 Å². The van der Waals surface area contributed by atoms with Crippen LogP contribution in [0.1, 0.15) is 48.7 Å². The largest absolute Gasteiger partial charge is 0.424 e. The molecule has 1 aliphatic carbocycles. The Hall–Kier alpha value is -2.67. The first kappa shape index (κ1) is 18.7. The van der Waals surface area contributed by atoms with Crippen LogP contribution in [0, 0.1) is 0 Å². The summed E-state index contributed by atoms with van der Waals surface area (Å²) in [6.45, 7) is 0.494. The Bertz CT molecular complexity index is 932. The first-order valence-corrected chi connectivity index (χ1v) is 9.76. The van der Waals surface area contributed by atoms with E-state index in [-0.39, 0.29) is 11.3 Å². The van der Waals surface area contributed by atoms with Crippen LogP contribution in [-0.4, -0.2) is 38.2 Å². The summed E-state index contributed by atoms with van der Waals surface area (Å²) in [5.74, 6) is 1.15. The second-order valence-electron chi connectivity index (χ2n) is 7.28. The number of nitrogens with one attached hydrogen (secondary N) is 1. The van der Waals surface area contributed by atoms with Crippen molar-refractivity contribution in [3.63, 3.8) is 0 Å². The highest BCUT2D eigenvalue weighted by atomic mass is 35.5. The lowest BCUT2D eigenvalue weighted by molar-refractivity contribution is -0.130. The highest BCUT2D eigenvalue weighted by molar-refractivity contribution is 6.30. The minimum atomic E-state index is -0.225. The van der Waals surface area contributed by atoms with Crippen LogP contribution in [0.5, 0.6) is 0 Å². The van der Waals surface area contributed by atoms with E-state index in [1.54, 1.807) is 18.1 Å². The predicted octanol–water partition coefficient (Wildman–Crippen LogP) is 3.51. The lowest BCUT2D eigenvalue weighted by Crippen LogP contribution is -2.35. The fourth-order valence-electron chi connectivity index (χ4n) is 3.59. The molecule has 2 heterocycles. The highest BCUT2D eigenvalue weighted by Crippen LogP contribution is 2.48. The molecule has 0 radical (unpaired) electrons. The van der Waals surface area contributed by atoms with Crippen LogP contribution in [0.3, 0.4) is 0 Å². The Kier molecular flexibility index (Phi) is 5.17. The Morgan fingerprint density at radius 3 is 2.68 bits per heavy atom. The number of aromatic nitrogens is 4. The van der Waals surface area contributed by atoms with Gasteiger partial charge in [-0.25, -0.2) is 0 Å². The Labute approximate surface area is 168 Å².